The van der Waals surface area contributed by atoms with Gasteiger partial charge in [0.15, 0.2) is 0 Å². The third-order valence-corrected chi connectivity index (χ3v) is 3.83. The van der Waals surface area contributed by atoms with Crippen LogP contribution in [0.5, 0.6) is 0 Å². The van der Waals surface area contributed by atoms with Crippen molar-refractivity contribution in [1.29, 1.82) is 0 Å². The maximum Gasteiger partial charge on any atom is 0.0349 e. The number of nitrogen functional groups attached to an aromatic ring is 1. The molecular formula is C14H21N. The molecule has 1 aliphatic carbocycles. The second kappa shape index (κ2) is 4.69. The zero-order valence-electron chi connectivity index (χ0n) is 9.58. The lowest BCUT2D eigenvalue weighted by Crippen LogP contribution is -2.18. The van der Waals surface area contributed by atoms with E-state index >= 15 is 0 Å². The molecule has 1 aromatic carbocycles. The number of rotatable bonds is 2. The molecule has 0 saturated heterocycles. The molecule has 15 heavy (non-hydrogen) atoms. The summed E-state index contributed by atoms with van der Waals surface area (Å²) in [4.78, 5) is 0. The summed E-state index contributed by atoms with van der Waals surface area (Å²) in [6.45, 7) is 2.31. The molecule has 0 heterocycles. The zero-order chi connectivity index (χ0) is 10.7. The predicted octanol–water partition coefficient (Wildman–Crippen LogP) is 3.95. The summed E-state index contributed by atoms with van der Waals surface area (Å²) in [5.74, 6) is 1.56. The van der Waals surface area contributed by atoms with Gasteiger partial charge in [-0.3, -0.25) is 0 Å². The Morgan fingerprint density at radius 2 is 1.93 bits per heavy atom. The van der Waals surface area contributed by atoms with Crippen LogP contribution in [0.15, 0.2) is 24.3 Å². The Morgan fingerprint density at radius 1 is 1.20 bits per heavy atom. The Morgan fingerprint density at radius 3 is 2.67 bits per heavy atom. The summed E-state index contributed by atoms with van der Waals surface area (Å²) < 4.78 is 0. The van der Waals surface area contributed by atoms with Gasteiger partial charge >= 0.3 is 0 Å². The monoisotopic (exact) mass is 203 g/mol. The molecule has 0 unspecified atom stereocenters. The summed E-state index contributed by atoms with van der Waals surface area (Å²) in [5, 5.41) is 0. The highest BCUT2D eigenvalue weighted by molar-refractivity contribution is 5.48. The summed E-state index contributed by atoms with van der Waals surface area (Å²) in [5.41, 5.74) is 8.45. The van der Waals surface area contributed by atoms with E-state index in [0.29, 0.717) is 5.92 Å². The zero-order valence-corrected chi connectivity index (χ0v) is 9.58. The van der Waals surface area contributed by atoms with Crippen molar-refractivity contribution in [2.24, 2.45) is 5.92 Å². The topological polar surface area (TPSA) is 26.0 Å². The van der Waals surface area contributed by atoms with E-state index in [1.165, 1.54) is 37.7 Å². The van der Waals surface area contributed by atoms with Gasteiger partial charge in [-0.2, -0.15) is 0 Å². The molecule has 1 nitrogen and oxygen atoms in total. The summed E-state index contributed by atoms with van der Waals surface area (Å²) in [6, 6.07) is 8.40. The first-order chi connectivity index (χ1) is 7.33. The van der Waals surface area contributed by atoms with Crippen molar-refractivity contribution in [2.75, 3.05) is 5.73 Å². The standard InChI is InChI=1S/C14H21N/c1-2-11-7-3-4-8-12(11)13-9-5-6-10-14(13)15/h5-6,9-12H,2-4,7-8,15H2,1H3/t11-,12-/m0/s1. The molecule has 1 aromatic rings. The van der Waals surface area contributed by atoms with Crippen LogP contribution in [0.1, 0.15) is 50.5 Å². The molecule has 1 heteroatoms. The van der Waals surface area contributed by atoms with Gasteiger partial charge in [0.2, 0.25) is 0 Å². The van der Waals surface area contributed by atoms with Gasteiger partial charge in [0.1, 0.15) is 0 Å². The van der Waals surface area contributed by atoms with E-state index in [0.717, 1.165) is 11.6 Å². The van der Waals surface area contributed by atoms with Crippen molar-refractivity contribution in [1.82, 2.24) is 0 Å². The van der Waals surface area contributed by atoms with E-state index in [1.54, 1.807) is 0 Å². The quantitative estimate of drug-likeness (QED) is 0.723. The average Bonchev–Trinajstić information content (AvgIpc) is 2.30. The highest BCUT2D eigenvalue weighted by Crippen LogP contribution is 2.41. The van der Waals surface area contributed by atoms with Crippen molar-refractivity contribution < 1.29 is 0 Å². The van der Waals surface area contributed by atoms with E-state index in [4.69, 9.17) is 5.73 Å². The number of hydrogen-bond acceptors (Lipinski definition) is 1. The molecule has 1 fully saturated rings. The Labute approximate surface area is 92.7 Å². The van der Waals surface area contributed by atoms with Gasteiger partial charge in [0.25, 0.3) is 0 Å². The van der Waals surface area contributed by atoms with Gasteiger partial charge in [-0.05, 0) is 36.3 Å². The van der Waals surface area contributed by atoms with Crippen molar-refractivity contribution >= 4 is 5.69 Å². The first-order valence-corrected chi connectivity index (χ1v) is 6.17. The van der Waals surface area contributed by atoms with E-state index < -0.39 is 0 Å². The molecule has 2 N–H and O–H groups in total. The second-order valence-corrected chi connectivity index (χ2v) is 4.69. The Bertz CT molecular complexity index is 319. The lowest BCUT2D eigenvalue weighted by atomic mass is 9.74. The van der Waals surface area contributed by atoms with E-state index in [1.807, 2.05) is 12.1 Å². The van der Waals surface area contributed by atoms with Gasteiger partial charge in [-0.25, -0.2) is 0 Å². The highest BCUT2D eigenvalue weighted by atomic mass is 14.6. The fourth-order valence-corrected chi connectivity index (χ4v) is 2.95. The van der Waals surface area contributed by atoms with Gasteiger partial charge < -0.3 is 5.73 Å². The first kappa shape index (κ1) is 10.5. The molecule has 1 aliphatic rings. The SMILES string of the molecule is CC[C@H]1CCCC[C@@H]1c1ccccc1N. The lowest BCUT2D eigenvalue weighted by Gasteiger charge is -2.31. The Balaban J connectivity index is 2.24. The minimum atomic E-state index is 0.713. The Kier molecular flexibility index (Phi) is 3.30. The second-order valence-electron chi connectivity index (χ2n) is 4.69. The fourth-order valence-electron chi connectivity index (χ4n) is 2.95. The number of hydrogen-bond donors (Lipinski definition) is 1. The third-order valence-electron chi connectivity index (χ3n) is 3.83. The van der Waals surface area contributed by atoms with E-state index in [2.05, 4.69) is 19.1 Å². The van der Waals surface area contributed by atoms with E-state index in [-0.39, 0.29) is 0 Å². The van der Waals surface area contributed by atoms with Crippen LogP contribution in [0.4, 0.5) is 5.69 Å². The normalized spacial score (nSPS) is 26.5. The van der Waals surface area contributed by atoms with Crippen LogP contribution in [-0.4, -0.2) is 0 Å². The summed E-state index contributed by atoms with van der Waals surface area (Å²) in [7, 11) is 0. The molecule has 0 aliphatic heterocycles. The van der Waals surface area contributed by atoms with Crippen LogP contribution >= 0.6 is 0 Å². The average molecular weight is 203 g/mol. The molecule has 82 valence electrons. The van der Waals surface area contributed by atoms with E-state index in [9.17, 15) is 0 Å². The molecule has 1 saturated carbocycles. The number of benzene rings is 1. The van der Waals surface area contributed by atoms with Gasteiger partial charge in [0.05, 0.1) is 0 Å². The van der Waals surface area contributed by atoms with Gasteiger partial charge in [-0.15, -0.1) is 0 Å². The van der Waals surface area contributed by atoms with Crippen LogP contribution < -0.4 is 5.73 Å². The van der Waals surface area contributed by atoms with Crippen LogP contribution in [0, 0.1) is 5.92 Å². The molecule has 0 radical (unpaired) electrons. The largest absolute Gasteiger partial charge is 0.398 e. The van der Waals surface area contributed by atoms with Crippen molar-refractivity contribution in [2.45, 2.75) is 44.9 Å². The molecule has 2 rings (SSSR count). The number of para-hydroxylation sites is 1. The molecule has 0 bridgehead atoms. The first-order valence-electron chi connectivity index (χ1n) is 6.17. The summed E-state index contributed by atoms with van der Waals surface area (Å²) in [6.07, 6.45) is 6.78. The van der Waals surface area contributed by atoms with Crippen molar-refractivity contribution in [3.05, 3.63) is 29.8 Å². The minimum Gasteiger partial charge on any atom is -0.398 e. The van der Waals surface area contributed by atoms with Crippen molar-refractivity contribution in [3.63, 3.8) is 0 Å². The van der Waals surface area contributed by atoms with Crippen LogP contribution in [-0.2, 0) is 0 Å². The lowest BCUT2D eigenvalue weighted by molar-refractivity contribution is 0.300. The summed E-state index contributed by atoms with van der Waals surface area (Å²) >= 11 is 0. The van der Waals surface area contributed by atoms with Crippen LogP contribution in [0.3, 0.4) is 0 Å². The van der Waals surface area contributed by atoms with Gasteiger partial charge in [0, 0.05) is 5.69 Å². The molecular weight excluding hydrogens is 182 g/mol. The molecule has 0 amide bonds. The molecule has 0 spiro atoms. The minimum absolute atomic E-state index is 0.713. The predicted molar refractivity (Wildman–Crippen MR) is 65.8 cm³/mol. The van der Waals surface area contributed by atoms with Gasteiger partial charge in [-0.1, -0.05) is 44.4 Å². The van der Waals surface area contributed by atoms with Crippen LogP contribution in [0.25, 0.3) is 0 Å². The number of nitrogens with two attached hydrogens (primary N) is 1. The maximum atomic E-state index is 6.07. The molecule has 0 aromatic heterocycles. The Hall–Kier alpha value is -0.980. The highest BCUT2D eigenvalue weighted by Gasteiger charge is 2.25. The van der Waals surface area contributed by atoms with Crippen molar-refractivity contribution in [3.8, 4) is 0 Å². The molecule has 2 atom stereocenters. The fraction of sp³-hybridized carbons (Fsp3) is 0.571. The third kappa shape index (κ3) is 2.17. The smallest absolute Gasteiger partial charge is 0.0349 e. The maximum absolute atomic E-state index is 6.07. The number of anilines is 1. The van der Waals surface area contributed by atoms with Crippen LogP contribution in [0.2, 0.25) is 0 Å².